The van der Waals surface area contributed by atoms with Crippen molar-refractivity contribution < 1.29 is 14.4 Å². The lowest BCUT2D eigenvalue weighted by Gasteiger charge is -2.28. The number of nitrogens with zero attached hydrogens (tertiary/aromatic N) is 1. The first-order chi connectivity index (χ1) is 14.6. The number of hydrogen-bond acceptors (Lipinski definition) is 4. The maximum Gasteiger partial charge on any atom is 0.326 e. The molecule has 0 radical (unpaired) electrons. The van der Waals surface area contributed by atoms with Crippen LogP contribution < -0.4 is 10.6 Å². The number of benzene rings is 2. The molecule has 6 nitrogen and oxygen atoms in total. The molecule has 1 aliphatic rings. The molecule has 1 aliphatic heterocycles. The Morgan fingerprint density at radius 3 is 2.13 bits per heavy atom. The summed E-state index contributed by atoms with van der Waals surface area (Å²) in [6, 6.07) is 21.6. The molecule has 2 heterocycles. The van der Waals surface area contributed by atoms with Gasteiger partial charge in [0.15, 0.2) is 5.54 Å². The zero-order valence-corrected chi connectivity index (χ0v) is 17.0. The van der Waals surface area contributed by atoms with E-state index in [-0.39, 0.29) is 12.5 Å². The molecule has 4 rings (SSSR count). The van der Waals surface area contributed by atoms with E-state index in [9.17, 15) is 14.4 Å². The Balaban J connectivity index is 1.54. The van der Waals surface area contributed by atoms with Gasteiger partial charge in [0.05, 0.1) is 0 Å². The highest BCUT2D eigenvalue weighted by Crippen LogP contribution is 2.35. The number of hydrogen-bond donors (Lipinski definition) is 2. The van der Waals surface area contributed by atoms with Crippen LogP contribution in [0, 0.1) is 0 Å². The number of imide groups is 1. The maximum absolute atomic E-state index is 13.5. The van der Waals surface area contributed by atoms with Crippen LogP contribution >= 0.6 is 11.3 Å². The molecule has 0 aliphatic carbocycles. The molecule has 3 aromatic rings. The van der Waals surface area contributed by atoms with Gasteiger partial charge in [-0.05, 0) is 29.0 Å². The van der Waals surface area contributed by atoms with Gasteiger partial charge < -0.3 is 10.6 Å². The Morgan fingerprint density at radius 1 is 0.933 bits per heavy atom. The third kappa shape index (κ3) is 3.71. The maximum atomic E-state index is 13.5. The lowest BCUT2D eigenvalue weighted by atomic mass is 9.82. The fraction of sp³-hybridized carbons (Fsp3) is 0.174. The molecule has 2 aromatic carbocycles. The Bertz CT molecular complexity index is 997. The number of urea groups is 1. The minimum absolute atomic E-state index is 0.323. The summed E-state index contributed by atoms with van der Waals surface area (Å²) in [6.07, 6.45) is 0.710. The van der Waals surface area contributed by atoms with Crippen LogP contribution in [0.5, 0.6) is 0 Å². The molecule has 0 unspecified atom stereocenters. The molecule has 2 N–H and O–H groups in total. The van der Waals surface area contributed by atoms with Crippen molar-refractivity contribution in [1.82, 2.24) is 15.5 Å². The van der Waals surface area contributed by atoms with Crippen LogP contribution in [0.4, 0.5) is 4.79 Å². The van der Waals surface area contributed by atoms with Crippen molar-refractivity contribution in [2.75, 3.05) is 13.1 Å². The highest BCUT2D eigenvalue weighted by atomic mass is 32.1. The Labute approximate surface area is 178 Å². The van der Waals surface area contributed by atoms with E-state index in [1.807, 2.05) is 53.9 Å². The van der Waals surface area contributed by atoms with Crippen LogP contribution in [0.1, 0.15) is 16.0 Å². The molecule has 0 bridgehead atoms. The van der Waals surface area contributed by atoms with Crippen molar-refractivity contribution in [3.63, 3.8) is 0 Å². The largest absolute Gasteiger partial charge is 0.354 e. The predicted octanol–water partition coefficient (Wildman–Crippen LogP) is 2.90. The number of nitrogens with one attached hydrogen (secondary N) is 2. The molecule has 0 saturated carbocycles. The Hall–Kier alpha value is -3.45. The second-order valence-corrected chi connectivity index (χ2v) is 8.02. The Morgan fingerprint density at radius 2 is 1.57 bits per heavy atom. The van der Waals surface area contributed by atoms with Crippen molar-refractivity contribution in [3.8, 4) is 0 Å². The van der Waals surface area contributed by atoms with E-state index >= 15 is 0 Å². The van der Waals surface area contributed by atoms with Crippen LogP contribution in [0.2, 0.25) is 0 Å². The number of carbonyl (C=O) groups excluding carboxylic acids is 3. The summed E-state index contributed by atoms with van der Waals surface area (Å²) in [5.41, 5.74) is -0.0538. The highest BCUT2D eigenvalue weighted by Gasteiger charge is 2.53. The first kappa shape index (κ1) is 19.8. The van der Waals surface area contributed by atoms with Crippen molar-refractivity contribution >= 4 is 29.2 Å². The van der Waals surface area contributed by atoms with Gasteiger partial charge in [0, 0.05) is 11.4 Å². The summed E-state index contributed by atoms with van der Waals surface area (Å²) in [7, 11) is 0. The smallest absolute Gasteiger partial charge is 0.326 e. The van der Waals surface area contributed by atoms with E-state index < -0.39 is 17.5 Å². The van der Waals surface area contributed by atoms with Gasteiger partial charge in [0.25, 0.3) is 5.91 Å². The van der Waals surface area contributed by atoms with Gasteiger partial charge in [0.1, 0.15) is 6.54 Å². The second-order valence-electron chi connectivity index (χ2n) is 6.98. The zero-order valence-electron chi connectivity index (χ0n) is 16.2. The summed E-state index contributed by atoms with van der Waals surface area (Å²) in [5, 5.41) is 7.62. The SMILES string of the molecule is O=C(CN1C(=O)NC(c2ccccc2)(c2ccccc2)C1=O)NCCc1cccs1. The van der Waals surface area contributed by atoms with E-state index in [1.165, 1.54) is 0 Å². The molecule has 1 aromatic heterocycles. The fourth-order valence-electron chi connectivity index (χ4n) is 3.63. The van der Waals surface area contributed by atoms with Crippen molar-refractivity contribution in [2.45, 2.75) is 12.0 Å². The molecule has 152 valence electrons. The third-order valence-electron chi connectivity index (χ3n) is 5.09. The van der Waals surface area contributed by atoms with Gasteiger partial charge >= 0.3 is 6.03 Å². The van der Waals surface area contributed by atoms with E-state index in [0.717, 1.165) is 9.78 Å². The van der Waals surface area contributed by atoms with E-state index in [4.69, 9.17) is 0 Å². The highest BCUT2D eigenvalue weighted by molar-refractivity contribution is 7.09. The molecule has 0 spiro atoms. The zero-order chi connectivity index (χ0) is 21.0. The van der Waals surface area contributed by atoms with Crippen molar-refractivity contribution in [3.05, 3.63) is 94.2 Å². The standard InChI is InChI=1S/C23H21N3O3S/c27-20(24-14-13-19-12-7-15-30-19)16-26-21(28)23(25-22(26)29,17-8-3-1-4-9-17)18-10-5-2-6-11-18/h1-12,15H,13-14,16H2,(H,24,27)(H,25,29). The summed E-state index contributed by atoms with van der Waals surface area (Å²) in [4.78, 5) is 40.8. The quantitative estimate of drug-likeness (QED) is 0.578. The van der Waals surface area contributed by atoms with Gasteiger partial charge in [-0.15, -0.1) is 11.3 Å². The third-order valence-corrected chi connectivity index (χ3v) is 6.03. The second kappa shape index (κ2) is 8.51. The monoisotopic (exact) mass is 419 g/mol. The molecular formula is C23H21N3O3S. The van der Waals surface area contributed by atoms with Gasteiger partial charge in [0.2, 0.25) is 5.91 Å². The number of amides is 4. The van der Waals surface area contributed by atoms with Gasteiger partial charge in [-0.3, -0.25) is 14.5 Å². The first-order valence-corrected chi connectivity index (χ1v) is 10.5. The predicted molar refractivity (Wildman–Crippen MR) is 115 cm³/mol. The Kier molecular flexibility index (Phi) is 5.63. The number of carbonyl (C=O) groups is 3. The summed E-state index contributed by atoms with van der Waals surface area (Å²) < 4.78 is 0. The summed E-state index contributed by atoms with van der Waals surface area (Å²) in [5.74, 6) is -0.828. The van der Waals surface area contributed by atoms with Gasteiger partial charge in [-0.2, -0.15) is 0 Å². The van der Waals surface area contributed by atoms with Crippen LogP contribution in [-0.2, 0) is 21.5 Å². The average Bonchev–Trinajstić information content (AvgIpc) is 3.38. The average molecular weight is 420 g/mol. The van der Waals surface area contributed by atoms with Crippen molar-refractivity contribution in [1.29, 1.82) is 0 Å². The van der Waals surface area contributed by atoms with Gasteiger partial charge in [-0.25, -0.2) is 4.79 Å². The van der Waals surface area contributed by atoms with E-state index in [0.29, 0.717) is 24.1 Å². The van der Waals surface area contributed by atoms with Gasteiger partial charge in [-0.1, -0.05) is 66.7 Å². The summed E-state index contributed by atoms with van der Waals surface area (Å²) >= 11 is 1.62. The van der Waals surface area contributed by atoms with Crippen LogP contribution in [0.3, 0.4) is 0 Å². The topological polar surface area (TPSA) is 78.5 Å². The fourth-order valence-corrected chi connectivity index (χ4v) is 4.34. The molecular weight excluding hydrogens is 398 g/mol. The normalized spacial score (nSPS) is 15.1. The van der Waals surface area contributed by atoms with Crippen LogP contribution in [0.15, 0.2) is 78.2 Å². The van der Waals surface area contributed by atoms with Crippen molar-refractivity contribution in [2.24, 2.45) is 0 Å². The van der Waals surface area contributed by atoms with Crippen LogP contribution in [-0.4, -0.2) is 35.8 Å². The molecule has 1 saturated heterocycles. The number of rotatable bonds is 7. The molecule has 4 amide bonds. The first-order valence-electron chi connectivity index (χ1n) is 9.65. The molecule has 30 heavy (non-hydrogen) atoms. The molecule has 1 fully saturated rings. The number of thiophene rings is 1. The minimum atomic E-state index is -1.35. The van der Waals surface area contributed by atoms with E-state index in [1.54, 1.807) is 35.6 Å². The van der Waals surface area contributed by atoms with Crippen LogP contribution in [0.25, 0.3) is 0 Å². The summed E-state index contributed by atoms with van der Waals surface area (Å²) in [6.45, 7) is 0.127. The molecule has 0 atom stereocenters. The lowest BCUT2D eigenvalue weighted by Crippen LogP contribution is -2.46. The lowest BCUT2D eigenvalue weighted by molar-refractivity contribution is -0.134. The molecule has 7 heteroatoms. The van der Waals surface area contributed by atoms with E-state index in [2.05, 4.69) is 10.6 Å². The minimum Gasteiger partial charge on any atom is -0.354 e.